The van der Waals surface area contributed by atoms with Gasteiger partial charge >= 0.3 is 0 Å². The maximum Gasteiger partial charge on any atom is 0.281 e. The molecule has 0 aliphatic rings. The summed E-state index contributed by atoms with van der Waals surface area (Å²) in [5, 5.41) is 10.6. The molecule has 0 saturated heterocycles. The van der Waals surface area contributed by atoms with Crippen LogP contribution in [0.2, 0.25) is 0 Å². The zero-order valence-electron chi connectivity index (χ0n) is 16.8. The van der Waals surface area contributed by atoms with E-state index in [1.165, 1.54) is 0 Å². The van der Waals surface area contributed by atoms with E-state index in [9.17, 15) is 9.59 Å². The molecule has 0 spiro atoms. The van der Waals surface area contributed by atoms with Gasteiger partial charge in [-0.1, -0.05) is 54.1 Å². The topological polar surface area (TPSA) is 92.2 Å². The van der Waals surface area contributed by atoms with Gasteiger partial charge in [0.25, 0.3) is 11.5 Å². The Bertz CT molecular complexity index is 1480. The molecule has 7 heteroatoms. The molecule has 152 valence electrons. The van der Waals surface area contributed by atoms with Crippen molar-refractivity contribution in [3.8, 4) is 11.3 Å². The molecule has 0 bridgehead atoms. The van der Waals surface area contributed by atoms with Crippen molar-refractivity contribution in [2.24, 2.45) is 0 Å². The number of rotatable bonds is 4. The lowest BCUT2D eigenvalue weighted by Crippen LogP contribution is -2.23. The normalized spacial score (nSPS) is 11.1. The van der Waals surface area contributed by atoms with Gasteiger partial charge in [0.15, 0.2) is 5.65 Å². The van der Waals surface area contributed by atoms with Crippen LogP contribution in [0.15, 0.2) is 77.6 Å². The SMILES string of the molecule is Cc1cccc(-c2n[nH]n3c2nc(=O)c2ccc(C(=O)NCc4ccccc4)cc23)c1. The Morgan fingerprint density at radius 1 is 1.03 bits per heavy atom. The molecule has 2 N–H and O–H groups in total. The second kappa shape index (κ2) is 7.53. The van der Waals surface area contributed by atoms with Gasteiger partial charge in [-0.25, -0.2) is 9.73 Å². The zero-order valence-corrected chi connectivity index (χ0v) is 16.8. The Hall–Kier alpha value is -4.26. The van der Waals surface area contributed by atoms with Crippen LogP contribution in [0.5, 0.6) is 0 Å². The first-order chi connectivity index (χ1) is 15.1. The molecule has 0 atom stereocenters. The Labute approximate surface area is 177 Å². The molecule has 0 aliphatic heterocycles. The second-order valence-corrected chi connectivity index (χ2v) is 7.41. The lowest BCUT2D eigenvalue weighted by Gasteiger charge is -2.07. The molecule has 0 fully saturated rings. The van der Waals surface area contributed by atoms with Crippen LogP contribution in [-0.2, 0) is 6.54 Å². The van der Waals surface area contributed by atoms with E-state index in [1.807, 2.05) is 61.5 Å². The molecule has 0 saturated carbocycles. The van der Waals surface area contributed by atoms with Gasteiger partial charge in [-0.15, -0.1) is 0 Å². The van der Waals surface area contributed by atoms with Crippen molar-refractivity contribution in [3.05, 3.63) is 99.8 Å². The summed E-state index contributed by atoms with van der Waals surface area (Å²) in [6.45, 7) is 2.42. The molecule has 1 amide bonds. The van der Waals surface area contributed by atoms with Gasteiger partial charge in [0.1, 0.15) is 5.69 Å². The fourth-order valence-electron chi connectivity index (χ4n) is 3.64. The van der Waals surface area contributed by atoms with E-state index < -0.39 is 0 Å². The molecular weight excluding hydrogens is 390 g/mol. The molecule has 2 heterocycles. The molecule has 0 radical (unpaired) electrons. The van der Waals surface area contributed by atoms with Crippen LogP contribution in [-0.4, -0.2) is 25.7 Å². The Balaban J connectivity index is 1.56. The van der Waals surface area contributed by atoms with E-state index in [1.54, 1.807) is 22.7 Å². The molecule has 0 aliphatic carbocycles. The number of amides is 1. The van der Waals surface area contributed by atoms with Gasteiger partial charge in [0, 0.05) is 17.7 Å². The quantitative estimate of drug-likeness (QED) is 0.475. The Morgan fingerprint density at radius 3 is 2.68 bits per heavy atom. The molecule has 0 unspecified atom stereocenters. The number of hydrogen-bond acceptors (Lipinski definition) is 4. The highest BCUT2D eigenvalue weighted by Crippen LogP contribution is 2.23. The number of H-pyrrole nitrogens is 1. The molecule has 5 aromatic rings. The highest BCUT2D eigenvalue weighted by atomic mass is 16.1. The van der Waals surface area contributed by atoms with Crippen LogP contribution in [0, 0.1) is 6.92 Å². The van der Waals surface area contributed by atoms with Crippen LogP contribution in [0.1, 0.15) is 21.5 Å². The summed E-state index contributed by atoms with van der Waals surface area (Å²) in [7, 11) is 0. The van der Waals surface area contributed by atoms with Gasteiger partial charge in [0.05, 0.1) is 10.9 Å². The summed E-state index contributed by atoms with van der Waals surface area (Å²) in [6.07, 6.45) is 0. The molecule has 31 heavy (non-hydrogen) atoms. The largest absolute Gasteiger partial charge is 0.348 e. The van der Waals surface area contributed by atoms with Crippen LogP contribution in [0.25, 0.3) is 27.8 Å². The highest BCUT2D eigenvalue weighted by molar-refractivity contribution is 5.98. The molecule has 2 aromatic heterocycles. The van der Waals surface area contributed by atoms with Crippen molar-refractivity contribution >= 4 is 22.5 Å². The number of benzene rings is 3. The Morgan fingerprint density at radius 2 is 1.87 bits per heavy atom. The minimum absolute atomic E-state index is 0.220. The molecule has 3 aromatic carbocycles. The number of hydrogen-bond donors (Lipinski definition) is 2. The van der Waals surface area contributed by atoms with Crippen molar-refractivity contribution in [2.45, 2.75) is 13.5 Å². The summed E-state index contributed by atoms with van der Waals surface area (Å²) in [5.41, 5.74) is 4.60. The number of nitrogens with one attached hydrogen (secondary N) is 2. The monoisotopic (exact) mass is 409 g/mol. The van der Waals surface area contributed by atoms with E-state index in [2.05, 4.69) is 20.6 Å². The van der Waals surface area contributed by atoms with Crippen LogP contribution in [0.3, 0.4) is 0 Å². The molecular formula is C24H19N5O2. The van der Waals surface area contributed by atoms with E-state index in [4.69, 9.17) is 0 Å². The zero-order chi connectivity index (χ0) is 21.4. The maximum absolute atomic E-state index is 12.7. The third-order valence-corrected chi connectivity index (χ3v) is 5.21. The number of nitrogens with zero attached hydrogens (tertiary/aromatic N) is 3. The van der Waals surface area contributed by atoms with Crippen molar-refractivity contribution in [3.63, 3.8) is 0 Å². The van der Waals surface area contributed by atoms with Crippen molar-refractivity contribution < 1.29 is 4.79 Å². The predicted octanol–water partition coefficient (Wildman–Crippen LogP) is 3.48. The van der Waals surface area contributed by atoms with Gasteiger partial charge in [0.2, 0.25) is 0 Å². The lowest BCUT2D eigenvalue weighted by molar-refractivity contribution is 0.0951. The maximum atomic E-state index is 12.7. The first kappa shape index (κ1) is 18.7. The molecule has 7 nitrogen and oxygen atoms in total. The minimum Gasteiger partial charge on any atom is -0.348 e. The van der Waals surface area contributed by atoms with Crippen molar-refractivity contribution in [1.29, 1.82) is 0 Å². The first-order valence-electron chi connectivity index (χ1n) is 9.90. The third kappa shape index (κ3) is 3.46. The minimum atomic E-state index is -0.360. The van der Waals surface area contributed by atoms with E-state index in [0.29, 0.717) is 34.4 Å². The average molecular weight is 409 g/mol. The number of carbonyl (C=O) groups excluding carboxylic acids is 1. The van der Waals surface area contributed by atoms with Gasteiger partial charge in [-0.2, -0.15) is 10.1 Å². The summed E-state index contributed by atoms with van der Waals surface area (Å²) in [5.74, 6) is -0.220. The summed E-state index contributed by atoms with van der Waals surface area (Å²) < 4.78 is 1.64. The summed E-state index contributed by atoms with van der Waals surface area (Å²) in [4.78, 5) is 29.6. The smallest absolute Gasteiger partial charge is 0.281 e. The lowest BCUT2D eigenvalue weighted by atomic mass is 10.1. The van der Waals surface area contributed by atoms with E-state index in [0.717, 1.165) is 16.7 Å². The average Bonchev–Trinajstić information content (AvgIpc) is 3.22. The van der Waals surface area contributed by atoms with Crippen molar-refractivity contribution in [1.82, 2.24) is 25.1 Å². The Kier molecular flexibility index (Phi) is 4.55. The molecule has 5 rings (SSSR count). The van der Waals surface area contributed by atoms with E-state index >= 15 is 0 Å². The number of aromatic amines is 1. The van der Waals surface area contributed by atoms with E-state index in [-0.39, 0.29) is 11.5 Å². The highest BCUT2D eigenvalue weighted by Gasteiger charge is 2.16. The standard InChI is InChI=1S/C24H19N5O2/c1-15-6-5-9-17(12-15)21-22-26-24(31)19-11-10-18(13-20(19)29(22)28-27-21)23(30)25-14-16-7-3-2-4-8-16/h2-13,28H,14H2,1H3,(H,25,30). The number of aromatic nitrogens is 4. The number of fused-ring (bicyclic) bond motifs is 3. The predicted molar refractivity (Wildman–Crippen MR) is 119 cm³/mol. The van der Waals surface area contributed by atoms with Crippen LogP contribution >= 0.6 is 0 Å². The van der Waals surface area contributed by atoms with Crippen molar-refractivity contribution in [2.75, 3.05) is 0 Å². The summed E-state index contributed by atoms with van der Waals surface area (Å²) >= 11 is 0. The van der Waals surface area contributed by atoms with Gasteiger partial charge in [-0.3, -0.25) is 9.59 Å². The first-order valence-corrected chi connectivity index (χ1v) is 9.90. The fourth-order valence-corrected chi connectivity index (χ4v) is 3.64. The van der Waals surface area contributed by atoms with Crippen LogP contribution in [0.4, 0.5) is 0 Å². The summed E-state index contributed by atoms with van der Waals surface area (Å²) in [6, 6.07) is 22.5. The second-order valence-electron chi connectivity index (χ2n) is 7.41. The van der Waals surface area contributed by atoms with Gasteiger partial charge < -0.3 is 5.32 Å². The number of carbonyl (C=O) groups is 1. The van der Waals surface area contributed by atoms with Gasteiger partial charge in [-0.05, 0) is 36.8 Å². The number of aryl methyl sites for hydroxylation is 1. The van der Waals surface area contributed by atoms with Crippen LogP contribution < -0.4 is 10.9 Å². The third-order valence-electron chi connectivity index (χ3n) is 5.21. The fraction of sp³-hybridized carbons (Fsp3) is 0.0833.